The van der Waals surface area contributed by atoms with Crippen LogP contribution >= 0.6 is 22.7 Å². The molecule has 0 spiro atoms. The molecule has 9 heteroatoms. The van der Waals surface area contributed by atoms with E-state index >= 15 is 0 Å². The topological polar surface area (TPSA) is 99.6 Å². The minimum absolute atomic E-state index is 0.0184. The highest BCUT2D eigenvalue weighted by molar-refractivity contribution is 7.26. The SMILES string of the molecule is CC(=O)C1CCC(C(=O)Oc2ccc(OC(=O)C3CCC(C(C)=O)CC3)c3sc(-c4ccc(-c5ccccc5)s4)nc23)CC1. The van der Waals surface area contributed by atoms with Gasteiger partial charge in [-0.3, -0.25) is 19.2 Å². The van der Waals surface area contributed by atoms with Crippen LogP contribution in [-0.2, 0) is 19.2 Å². The summed E-state index contributed by atoms with van der Waals surface area (Å²) in [5.41, 5.74) is 1.60. The third-order valence-electron chi connectivity index (χ3n) is 9.04. The Bertz CT molecular complexity index is 1610. The molecule has 44 heavy (non-hydrogen) atoms. The van der Waals surface area contributed by atoms with Crippen LogP contribution in [0.4, 0.5) is 0 Å². The van der Waals surface area contributed by atoms with Gasteiger partial charge in [0, 0.05) is 16.7 Å². The van der Waals surface area contributed by atoms with Crippen LogP contribution in [0.2, 0.25) is 0 Å². The summed E-state index contributed by atoms with van der Waals surface area (Å²) in [6, 6.07) is 17.6. The minimum Gasteiger partial charge on any atom is -0.425 e. The molecule has 4 aromatic rings. The van der Waals surface area contributed by atoms with Crippen molar-refractivity contribution in [3.8, 4) is 31.8 Å². The second-order valence-corrected chi connectivity index (χ2v) is 14.0. The number of rotatable bonds is 8. The Morgan fingerprint density at radius 1 is 0.614 bits per heavy atom. The lowest BCUT2D eigenvalue weighted by Crippen LogP contribution is -2.28. The van der Waals surface area contributed by atoms with E-state index in [4.69, 9.17) is 14.5 Å². The van der Waals surface area contributed by atoms with Crippen molar-refractivity contribution in [3.05, 3.63) is 54.6 Å². The van der Waals surface area contributed by atoms with Crippen LogP contribution < -0.4 is 9.47 Å². The predicted molar refractivity (Wildman–Crippen MR) is 172 cm³/mol. The molecule has 7 nitrogen and oxygen atoms in total. The fraction of sp³-hybridized carbons (Fsp3) is 0.400. The van der Waals surface area contributed by atoms with E-state index in [2.05, 4.69) is 18.2 Å². The molecule has 0 radical (unpaired) electrons. The maximum absolute atomic E-state index is 13.2. The zero-order valence-electron chi connectivity index (χ0n) is 24.9. The molecule has 0 bridgehead atoms. The third kappa shape index (κ3) is 6.54. The largest absolute Gasteiger partial charge is 0.425 e. The number of ether oxygens (including phenoxy) is 2. The highest BCUT2D eigenvalue weighted by Gasteiger charge is 2.32. The zero-order valence-corrected chi connectivity index (χ0v) is 26.5. The number of benzene rings is 2. The molecule has 228 valence electrons. The average Bonchev–Trinajstić information content (AvgIpc) is 3.71. The first-order chi connectivity index (χ1) is 21.3. The number of hydrogen-bond acceptors (Lipinski definition) is 9. The van der Waals surface area contributed by atoms with Gasteiger partial charge in [0.05, 0.1) is 16.7 Å². The van der Waals surface area contributed by atoms with E-state index in [1.165, 1.54) is 11.3 Å². The van der Waals surface area contributed by atoms with Crippen molar-refractivity contribution >= 4 is 56.4 Å². The quantitative estimate of drug-likeness (QED) is 0.143. The average molecular weight is 630 g/mol. The van der Waals surface area contributed by atoms with Crippen molar-refractivity contribution < 1.29 is 28.7 Å². The highest BCUT2D eigenvalue weighted by Crippen LogP contribution is 2.44. The number of Topliss-reactive ketones (excluding diaryl/α,β-unsaturated/α-hetero) is 2. The van der Waals surface area contributed by atoms with Gasteiger partial charge >= 0.3 is 11.9 Å². The number of esters is 2. The number of hydrogen-bond donors (Lipinski definition) is 0. The van der Waals surface area contributed by atoms with E-state index in [0.29, 0.717) is 73.1 Å². The zero-order chi connectivity index (χ0) is 30.8. The summed E-state index contributed by atoms with van der Waals surface area (Å²) in [7, 11) is 0. The fourth-order valence-electron chi connectivity index (χ4n) is 6.29. The maximum atomic E-state index is 13.2. The van der Waals surface area contributed by atoms with Crippen LogP contribution in [-0.4, -0.2) is 28.5 Å². The van der Waals surface area contributed by atoms with Gasteiger partial charge in [-0.25, -0.2) is 4.98 Å². The van der Waals surface area contributed by atoms with Gasteiger partial charge < -0.3 is 9.47 Å². The van der Waals surface area contributed by atoms with Gasteiger partial charge in [0.25, 0.3) is 0 Å². The van der Waals surface area contributed by atoms with E-state index in [1.807, 2.05) is 24.3 Å². The summed E-state index contributed by atoms with van der Waals surface area (Å²) in [6.07, 6.45) is 5.26. The van der Waals surface area contributed by atoms with Crippen molar-refractivity contribution in [2.24, 2.45) is 23.7 Å². The number of nitrogens with zero attached hydrogens (tertiary/aromatic N) is 1. The van der Waals surface area contributed by atoms with Crippen LogP contribution in [0.3, 0.4) is 0 Å². The monoisotopic (exact) mass is 629 g/mol. The van der Waals surface area contributed by atoms with Gasteiger partial charge in [0.1, 0.15) is 26.8 Å². The van der Waals surface area contributed by atoms with Crippen LogP contribution in [0, 0.1) is 23.7 Å². The van der Waals surface area contributed by atoms with Crippen molar-refractivity contribution in [1.82, 2.24) is 4.98 Å². The van der Waals surface area contributed by atoms with E-state index in [9.17, 15) is 19.2 Å². The van der Waals surface area contributed by atoms with E-state index in [0.717, 1.165) is 20.3 Å². The van der Waals surface area contributed by atoms with Gasteiger partial charge in [-0.2, -0.15) is 0 Å². The lowest BCUT2D eigenvalue weighted by molar-refractivity contribution is -0.141. The van der Waals surface area contributed by atoms with Crippen molar-refractivity contribution in [2.75, 3.05) is 0 Å². The third-order valence-corrected chi connectivity index (χ3v) is 11.4. The number of carbonyl (C=O) groups excluding carboxylic acids is 4. The van der Waals surface area contributed by atoms with E-state index in [1.54, 1.807) is 37.3 Å². The molecular weight excluding hydrogens is 595 g/mol. The van der Waals surface area contributed by atoms with Gasteiger partial charge in [-0.1, -0.05) is 30.3 Å². The summed E-state index contributed by atoms with van der Waals surface area (Å²) < 4.78 is 12.6. The van der Waals surface area contributed by atoms with Gasteiger partial charge in [-0.15, -0.1) is 22.7 Å². The molecule has 0 N–H and O–H groups in total. The molecule has 2 saturated carbocycles. The summed E-state index contributed by atoms with van der Waals surface area (Å²) >= 11 is 3.03. The van der Waals surface area contributed by atoms with Crippen molar-refractivity contribution in [2.45, 2.75) is 65.2 Å². The van der Waals surface area contributed by atoms with Gasteiger partial charge in [0.15, 0.2) is 11.5 Å². The molecule has 2 aromatic carbocycles. The van der Waals surface area contributed by atoms with Crippen LogP contribution in [0.15, 0.2) is 54.6 Å². The van der Waals surface area contributed by atoms with E-state index in [-0.39, 0.29) is 47.2 Å². The maximum Gasteiger partial charge on any atom is 0.314 e. The van der Waals surface area contributed by atoms with Crippen molar-refractivity contribution in [3.63, 3.8) is 0 Å². The first kappa shape index (κ1) is 30.3. The molecule has 0 atom stereocenters. The summed E-state index contributed by atoms with van der Waals surface area (Å²) in [6.45, 7) is 3.23. The molecule has 0 amide bonds. The second-order valence-electron chi connectivity index (χ2n) is 11.9. The second kappa shape index (κ2) is 13.1. The molecule has 0 saturated heterocycles. The molecule has 6 rings (SSSR count). The highest BCUT2D eigenvalue weighted by atomic mass is 32.1. The minimum atomic E-state index is -0.322. The standard InChI is InChI=1S/C35H35NO6S2/c1-20(37)22-8-12-25(13-9-22)34(39)41-27-16-17-28(42-35(40)26-14-10-23(11-15-26)21(2)38)32-31(27)36-33(44-32)30-19-18-29(43-30)24-6-4-3-5-7-24/h3-7,16-19,22-23,25-26H,8-15H2,1-2H3. The number of aromatic nitrogens is 1. The molecule has 2 fully saturated rings. The van der Waals surface area contributed by atoms with E-state index < -0.39 is 0 Å². The number of ketones is 2. The summed E-state index contributed by atoms with van der Waals surface area (Å²) in [5.74, 6) is -0.0422. The number of thiophene rings is 1. The fourth-order valence-corrected chi connectivity index (χ4v) is 8.39. The summed E-state index contributed by atoms with van der Waals surface area (Å²) in [4.78, 5) is 57.0. The normalized spacial score (nSPS) is 22.0. The Balaban J connectivity index is 1.27. The summed E-state index contributed by atoms with van der Waals surface area (Å²) in [5, 5.41) is 0.747. The molecule has 2 aliphatic carbocycles. The smallest absolute Gasteiger partial charge is 0.314 e. The Morgan fingerprint density at radius 2 is 1.11 bits per heavy atom. The Hall–Kier alpha value is -3.69. The van der Waals surface area contributed by atoms with Crippen LogP contribution in [0.5, 0.6) is 11.5 Å². The molecule has 0 unspecified atom stereocenters. The Labute approximate surface area is 264 Å². The number of thiazole rings is 1. The molecule has 0 aliphatic heterocycles. The molecular formula is C35H35NO6S2. The first-order valence-corrected chi connectivity index (χ1v) is 16.9. The number of carbonyl (C=O) groups is 4. The van der Waals surface area contributed by atoms with Crippen LogP contribution in [0.25, 0.3) is 30.5 Å². The van der Waals surface area contributed by atoms with Crippen LogP contribution in [0.1, 0.15) is 65.2 Å². The Kier molecular flexibility index (Phi) is 9.05. The lowest BCUT2D eigenvalue weighted by atomic mass is 9.80. The lowest BCUT2D eigenvalue weighted by Gasteiger charge is -2.25. The Morgan fingerprint density at radius 3 is 1.68 bits per heavy atom. The molecule has 2 aliphatic rings. The van der Waals surface area contributed by atoms with Crippen molar-refractivity contribution in [1.29, 1.82) is 0 Å². The first-order valence-electron chi connectivity index (χ1n) is 15.3. The predicted octanol–water partition coefficient (Wildman–Crippen LogP) is 8.29. The van der Waals surface area contributed by atoms with Gasteiger partial charge in [0.2, 0.25) is 0 Å². The number of fused-ring (bicyclic) bond motifs is 1. The molecule has 2 aromatic heterocycles. The van der Waals surface area contributed by atoms with Gasteiger partial charge in [-0.05, 0) is 95.0 Å². The molecule has 2 heterocycles.